The molecule has 0 unspecified atom stereocenters. The number of amidine groups is 1. The van der Waals surface area contributed by atoms with Gasteiger partial charge in [0, 0.05) is 19.3 Å². The van der Waals surface area contributed by atoms with Crippen molar-refractivity contribution in [2.75, 3.05) is 13.6 Å². The highest BCUT2D eigenvalue weighted by Crippen LogP contribution is 2.45. The van der Waals surface area contributed by atoms with Crippen LogP contribution in [-0.4, -0.2) is 46.5 Å². The molecule has 0 bridgehead atoms. The maximum atomic E-state index is 13.3. The van der Waals surface area contributed by atoms with Gasteiger partial charge in [-0.25, -0.2) is 9.79 Å². The number of amides is 1. The van der Waals surface area contributed by atoms with E-state index < -0.39 is 12.0 Å². The van der Waals surface area contributed by atoms with Gasteiger partial charge >= 0.3 is 5.97 Å². The lowest BCUT2D eigenvalue weighted by atomic mass is 9.93. The van der Waals surface area contributed by atoms with E-state index in [9.17, 15) is 9.59 Å². The Morgan fingerprint density at radius 1 is 1.11 bits per heavy atom. The fourth-order valence-electron chi connectivity index (χ4n) is 4.06. The Bertz CT molecular complexity index is 1240. The summed E-state index contributed by atoms with van der Waals surface area (Å²) in [5.74, 6) is 0.953. The normalized spacial score (nSPS) is 16.9. The van der Waals surface area contributed by atoms with Gasteiger partial charge in [0.1, 0.15) is 11.5 Å². The molecule has 0 aliphatic carbocycles. The number of nitrogens with zero attached hydrogens (tertiary/aromatic N) is 3. The first-order valence-corrected chi connectivity index (χ1v) is 12.9. The number of esters is 1. The number of hydrogen-bond acceptors (Lipinski definition) is 7. The van der Waals surface area contributed by atoms with Crippen LogP contribution in [0.3, 0.4) is 0 Å². The van der Waals surface area contributed by atoms with E-state index in [4.69, 9.17) is 14.5 Å². The maximum Gasteiger partial charge on any atom is 0.338 e. The number of benzene rings is 2. The van der Waals surface area contributed by atoms with Gasteiger partial charge in [0.15, 0.2) is 5.17 Å². The molecule has 0 radical (unpaired) electrons. The zero-order chi connectivity index (χ0) is 25.8. The van der Waals surface area contributed by atoms with Crippen molar-refractivity contribution in [2.24, 2.45) is 4.99 Å². The molecule has 1 amide bonds. The Morgan fingerprint density at radius 3 is 2.53 bits per heavy atom. The summed E-state index contributed by atoms with van der Waals surface area (Å²) < 4.78 is 11.7. The molecule has 188 valence electrons. The Hall–Kier alpha value is -3.52. The van der Waals surface area contributed by atoms with Gasteiger partial charge in [-0.2, -0.15) is 0 Å². The Morgan fingerprint density at radius 2 is 1.83 bits per heavy atom. The lowest BCUT2D eigenvalue weighted by Crippen LogP contribution is -2.38. The van der Waals surface area contributed by atoms with Crippen LogP contribution in [-0.2, 0) is 14.3 Å². The van der Waals surface area contributed by atoms with Crippen LogP contribution < -0.4 is 4.74 Å². The number of aliphatic imine (C=N–C) groups is 1. The minimum absolute atomic E-state index is 0.00286. The third-order valence-corrected chi connectivity index (χ3v) is 6.84. The maximum absolute atomic E-state index is 13.3. The quantitative estimate of drug-likeness (QED) is 0.418. The smallest absolute Gasteiger partial charge is 0.338 e. The van der Waals surface area contributed by atoms with Gasteiger partial charge < -0.3 is 19.3 Å². The predicted molar refractivity (Wildman–Crippen MR) is 143 cm³/mol. The van der Waals surface area contributed by atoms with Crippen LogP contribution in [0.2, 0.25) is 0 Å². The fraction of sp³-hybridized carbons (Fsp3) is 0.321. The zero-order valence-electron chi connectivity index (χ0n) is 21.2. The number of carbonyl (C=O) groups excluding carboxylic acids is 2. The van der Waals surface area contributed by atoms with Gasteiger partial charge in [-0.1, -0.05) is 42.1 Å². The Balaban J connectivity index is 1.75. The molecule has 2 aromatic rings. The van der Waals surface area contributed by atoms with E-state index in [0.29, 0.717) is 23.6 Å². The van der Waals surface area contributed by atoms with Crippen molar-refractivity contribution in [1.82, 2.24) is 9.80 Å². The van der Waals surface area contributed by atoms with Crippen LogP contribution in [0.15, 0.2) is 82.0 Å². The average molecular weight is 506 g/mol. The zero-order valence-corrected chi connectivity index (χ0v) is 22.0. The Labute approximate surface area is 216 Å². The molecule has 0 saturated carbocycles. The van der Waals surface area contributed by atoms with E-state index in [0.717, 1.165) is 22.2 Å². The fourth-order valence-corrected chi connectivity index (χ4v) is 5.03. The molecule has 2 heterocycles. The molecule has 2 aromatic carbocycles. The number of allylic oxidation sites excluding steroid dienone is 1. The summed E-state index contributed by atoms with van der Waals surface area (Å²) in [7, 11) is 1.79. The molecule has 0 spiro atoms. The van der Waals surface area contributed by atoms with Gasteiger partial charge in [-0.3, -0.25) is 4.79 Å². The van der Waals surface area contributed by atoms with E-state index in [1.807, 2.05) is 92.6 Å². The third-order valence-electron chi connectivity index (χ3n) is 5.95. The molecule has 1 atom stereocenters. The van der Waals surface area contributed by atoms with E-state index >= 15 is 0 Å². The average Bonchev–Trinajstić information content (AvgIpc) is 3.24. The van der Waals surface area contributed by atoms with Crippen molar-refractivity contribution in [3.8, 4) is 11.5 Å². The third kappa shape index (κ3) is 5.49. The first-order valence-electron chi connectivity index (χ1n) is 12.0. The van der Waals surface area contributed by atoms with Gasteiger partial charge in [-0.15, -0.1) is 0 Å². The molecular weight excluding hydrogens is 474 g/mol. The topological polar surface area (TPSA) is 71.4 Å². The molecule has 36 heavy (non-hydrogen) atoms. The molecule has 0 N–H and O–H groups in total. The summed E-state index contributed by atoms with van der Waals surface area (Å²) in [5, 5.41) is 2.68. The van der Waals surface area contributed by atoms with Crippen molar-refractivity contribution in [3.05, 3.63) is 82.5 Å². The highest BCUT2D eigenvalue weighted by molar-refractivity contribution is 8.16. The van der Waals surface area contributed by atoms with Crippen LogP contribution >= 0.6 is 11.8 Å². The van der Waals surface area contributed by atoms with Crippen molar-refractivity contribution in [2.45, 2.75) is 46.3 Å². The van der Waals surface area contributed by atoms with Gasteiger partial charge in [0.05, 0.1) is 29.8 Å². The standard InChI is InChI=1S/C28H31N3O4S/c1-6-30(5)24(32)16-21-17-36-28-29-19(4)25(27(33)34-18(2)3)26(31(21)28)20-11-10-14-23(15-20)35-22-12-8-7-9-13-22/h7-15,17-18,26H,6,16H2,1-5H3/t26-/m1/s1. The molecule has 2 aliphatic heterocycles. The first kappa shape index (κ1) is 25.6. The minimum atomic E-state index is -0.510. The molecule has 0 aromatic heterocycles. The highest BCUT2D eigenvalue weighted by atomic mass is 32.2. The number of hydrogen-bond donors (Lipinski definition) is 0. The van der Waals surface area contributed by atoms with Crippen molar-refractivity contribution in [1.29, 1.82) is 0 Å². The summed E-state index contributed by atoms with van der Waals surface area (Å²) in [6.07, 6.45) is -0.0714. The lowest BCUT2D eigenvalue weighted by Gasteiger charge is -2.36. The van der Waals surface area contributed by atoms with Gasteiger partial charge in [0.25, 0.3) is 0 Å². The molecular formula is C28H31N3O4S. The van der Waals surface area contributed by atoms with Crippen LogP contribution in [0.1, 0.15) is 45.7 Å². The SMILES string of the molecule is CCN(C)C(=O)CC1=CSC2=NC(C)=C(C(=O)OC(C)C)[C@@H](c3cccc(Oc4ccccc4)c3)N12. The van der Waals surface area contributed by atoms with Gasteiger partial charge in [-0.05, 0) is 62.9 Å². The summed E-state index contributed by atoms with van der Waals surface area (Å²) in [6, 6.07) is 16.7. The van der Waals surface area contributed by atoms with E-state index in [2.05, 4.69) is 0 Å². The molecule has 0 saturated heterocycles. The van der Waals surface area contributed by atoms with Crippen molar-refractivity contribution < 1.29 is 19.1 Å². The summed E-state index contributed by atoms with van der Waals surface area (Å²) in [6.45, 7) is 8.03. The lowest BCUT2D eigenvalue weighted by molar-refractivity contribution is -0.143. The number of carbonyl (C=O) groups is 2. The summed E-state index contributed by atoms with van der Waals surface area (Å²) in [5.41, 5.74) is 2.70. The largest absolute Gasteiger partial charge is 0.459 e. The summed E-state index contributed by atoms with van der Waals surface area (Å²) >= 11 is 1.46. The van der Waals surface area contributed by atoms with Crippen LogP contribution in [0.5, 0.6) is 11.5 Å². The van der Waals surface area contributed by atoms with E-state index in [1.54, 1.807) is 11.9 Å². The number of rotatable bonds is 8. The second-order valence-corrected chi connectivity index (χ2v) is 9.76. The van der Waals surface area contributed by atoms with Crippen molar-refractivity contribution in [3.63, 3.8) is 0 Å². The van der Waals surface area contributed by atoms with Gasteiger partial charge in [0.2, 0.25) is 5.91 Å². The van der Waals surface area contributed by atoms with Crippen LogP contribution in [0.4, 0.5) is 0 Å². The number of ether oxygens (including phenoxy) is 2. The minimum Gasteiger partial charge on any atom is -0.459 e. The molecule has 2 aliphatic rings. The molecule has 8 heteroatoms. The molecule has 4 rings (SSSR count). The monoisotopic (exact) mass is 505 g/mol. The van der Waals surface area contributed by atoms with Crippen molar-refractivity contribution >= 4 is 28.8 Å². The molecule has 7 nitrogen and oxygen atoms in total. The number of fused-ring (bicyclic) bond motifs is 1. The molecule has 0 fully saturated rings. The number of thioether (sulfide) groups is 1. The van der Waals surface area contributed by atoms with Crippen LogP contribution in [0.25, 0.3) is 0 Å². The summed E-state index contributed by atoms with van der Waals surface area (Å²) in [4.78, 5) is 34.5. The van der Waals surface area contributed by atoms with E-state index in [-0.39, 0.29) is 18.4 Å². The number of para-hydroxylation sites is 1. The highest BCUT2D eigenvalue weighted by Gasteiger charge is 2.41. The van der Waals surface area contributed by atoms with E-state index in [1.165, 1.54) is 11.8 Å². The van der Waals surface area contributed by atoms with Crippen LogP contribution in [0, 0.1) is 0 Å². The first-order chi connectivity index (χ1) is 17.3. The predicted octanol–water partition coefficient (Wildman–Crippen LogP) is 5.87. The second-order valence-electron chi connectivity index (χ2n) is 8.92. The Kier molecular flexibility index (Phi) is 7.84. The second kappa shape index (κ2) is 11.0.